The normalized spacial score (nSPS) is 9.75. The first-order valence-corrected chi connectivity index (χ1v) is 3.32. The van der Waals surface area contributed by atoms with Gasteiger partial charge >= 0.3 is 0 Å². The van der Waals surface area contributed by atoms with Crippen molar-refractivity contribution in [3.8, 4) is 0 Å². The number of hydrogen-bond acceptors (Lipinski definition) is 3. The van der Waals surface area contributed by atoms with E-state index in [0.717, 1.165) is 0 Å². The smallest absolute Gasteiger partial charge is 0.271 e. The first kappa shape index (κ1) is 8.32. The van der Waals surface area contributed by atoms with Crippen molar-refractivity contribution >= 4 is 17.4 Å². The Balaban J connectivity index is 3.22. The van der Waals surface area contributed by atoms with Crippen LogP contribution in [0.4, 0.5) is 5.82 Å². The molecule has 1 rings (SSSR count). The van der Waals surface area contributed by atoms with Crippen molar-refractivity contribution in [1.82, 2.24) is 9.55 Å². The van der Waals surface area contributed by atoms with Crippen molar-refractivity contribution in [2.24, 2.45) is 5.73 Å². The lowest BCUT2D eigenvalue weighted by molar-refractivity contribution is 0.0997. The largest absolute Gasteiger partial charge is 0.383 e. The molecule has 1 heterocycles. The molecule has 4 N–H and O–H groups in total. The van der Waals surface area contributed by atoms with E-state index in [9.17, 15) is 4.79 Å². The van der Waals surface area contributed by atoms with Gasteiger partial charge in [0.25, 0.3) is 5.91 Å². The van der Waals surface area contributed by atoms with Crippen LogP contribution in [0, 0.1) is 0 Å². The second-order valence-electron chi connectivity index (χ2n) is 2.45. The summed E-state index contributed by atoms with van der Waals surface area (Å²) in [5, 5.41) is 0. The van der Waals surface area contributed by atoms with Gasteiger partial charge in [-0.3, -0.25) is 9.36 Å². The molecule has 5 heteroatoms. The molecule has 0 bridgehead atoms. The van der Waals surface area contributed by atoms with Crippen molar-refractivity contribution in [3.05, 3.63) is 18.6 Å². The first-order valence-electron chi connectivity index (χ1n) is 3.32. The number of primary amides is 1. The molecule has 0 atom stereocenters. The summed E-state index contributed by atoms with van der Waals surface area (Å²) in [6, 6.07) is 0. The molecule has 0 aromatic carbocycles. The zero-order chi connectivity index (χ0) is 9.30. The molecule has 0 fully saturated rings. The van der Waals surface area contributed by atoms with E-state index in [-0.39, 0.29) is 11.5 Å². The molecule has 64 valence electrons. The van der Waals surface area contributed by atoms with Crippen LogP contribution >= 0.6 is 0 Å². The predicted octanol–water partition coefficient (Wildman–Crippen LogP) is 0.0548. The van der Waals surface area contributed by atoms with E-state index in [1.165, 1.54) is 10.9 Å². The summed E-state index contributed by atoms with van der Waals surface area (Å²) in [6.45, 7) is 5.40. The van der Waals surface area contributed by atoms with Gasteiger partial charge < -0.3 is 11.5 Å². The highest BCUT2D eigenvalue weighted by Gasteiger charge is 2.11. The number of nitrogens with zero attached hydrogens (tertiary/aromatic N) is 2. The predicted molar refractivity (Wildman–Crippen MR) is 46.2 cm³/mol. The first-order chi connectivity index (χ1) is 5.54. The minimum atomic E-state index is -0.632. The number of carbonyl (C=O) groups excluding carboxylic acids is 1. The van der Waals surface area contributed by atoms with Gasteiger partial charge in [0.1, 0.15) is 12.1 Å². The van der Waals surface area contributed by atoms with Crippen molar-refractivity contribution in [1.29, 1.82) is 0 Å². The minimum absolute atomic E-state index is 0.0815. The Kier molecular flexibility index (Phi) is 1.86. The number of carbonyl (C=O) groups is 1. The van der Waals surface area contributed by atoms with E-state index >= 15 is 0 Å². The average Bonchev–Trinajstić information content (AvgIpc) is 2.30. The van der Waals surface area contributed by atoms with Crippen molar-refractivity contribution in [3.63, 3.8) is 0 Å². The van der Waals surface area contributed by atoms with E-state index in [1.807, 2.05) is 0 Å². The molecule has 0 aliphatic carbocycles. The fraction of sp³-hybridized carbons (Fsp3) is 0.143. The summed E-state index contributed by atoms with van der Waals surface area (Å²) < 4.78 is 1.50. The van der Waals surface area contributed by atoms with Gasteiger partial charge in [0.2, 0.25) is 0 Å². The highest BCUT2D eigenvalue weighted by Crippen LogP contribution is 2.13. The fourth-order valence-electron chi connectivity index (χ4n) is 0.852. The fourth-order valence-corrected chi connectivity index (χ4v) is 0.852. The van der Waals surface area contributed by atoms with Crippen molar-refractivity contribution in [2.75, 3.05) is 5.73 Å². The summed E-state index contributed by atoms with van der Waals surface area (Å²) in [5.41, 5.74) is 11.3. The Morgan fingerprint density at radius 1 is 1.75 bits per heavy atom. The molecule has 1 amide bonds. The molecule has 0 radical (unpaired) electrons. The van der Waals surface area contributed by atoms with Crippen LogP contribution < -0.4 is 11.5 Å². The maximum atomic E-state index is 10.7. The lowest BCUT2D eigenvalue weighted by Gasteiger charge is -2.01. The lowest BCUT2D eigenvalue weighted by atomic mass is 10.4. The van der Waals surface area contributed by atoms with Gasteiger partial charge in [-0.05, 0) is 6.92 Å². The summed E-state index contributed by atoms with van der Waals surface area (Å²) in [7, 11) is 0. The molecule has 12 heavy (non-hydrogen) atoms. The van der Waals surface area contributed by atoms with E-state index < -0.39 is 5.91 Å². The number of imidazole rings is 1. The summed E-state index contributed by atoms with van der Waals surface area (Å²) in [6.07, 6.45) is 1.41. The Morgan fingerprint density at radius 3 is 2.58 bits per heavy atom. The molecule has 1 aromatic heterocycles. The third-order valence-corrected chi connectivity index (χ3v) is 1.45. The number of allylic oxidation sites excluding steroid dienone is 1. The maximum Gasteiger partial charge on any atom is 0.271 e. The molecule has 5 nitrogen and oxygen atoms in total. The molecule has 0 unspecified atom stereocenters. The van der Waals surface area contributed by atoms with Gasteiger partial charge in [-0.15, -0.1) is 0 Å². The second-order valence-corrected chi connectivity index (χ2v) is 2.45. The van der Waals surface area contributed by atoms with Crippen LogP contribution in [0.5, 0.6) is 0 Å². The van der Waals surface area contributed by atoms with Crippen molar-refractivity contribution in [2.45, 2.75) is 6.92 Å². The van der Waals surface area contributed by atoms with Gasteiger partial charge in [-0.2, -0.15) is 0 Å². The molecule has 0 aliphatic rings. The monoisotopic (exact) mass is 166 g/mol. The molecular formula is C7H10N4O. The van der Waals surface area contributed by atoms with Crippen LogP contribution in [-0.2, 0) is 0 Å². The number of nitrogen functional groups attached to an aromatic ring is 1. The van der Waals surface area contributed by atoms with E-state index in [1.54, 1.807) is 6.92 Å². The number of hydrogen-bond donors (Lipinski definition) is 2. The standard InChI is InChI=1S/C7H10N4O/c1-4(2)11-3-10-5(6(11)8)7(9)12/h3H,1,8H2,2H3,(H2,9,12). The molecular weight excluding hydrogens is 156 g/mol. The average molecular weight is 166 g/mol. The third kappa shape index (κ3) is 1.16. The quantitative estimate of drug-likeness (QED) is 0.651. The maximum absolute atomic E-state index is 10.7. The molecule has 0 spiro atoms. The Labute approximate surface area is 69.7 Å². The SMILES string of the molecule is C=C(C)n1cnc(C(N)=O)c1N. The minimum Gasteiger partial charge on any atom is -0.383 e. The number of anilines is 1. The van der Waals surface area contributed by atoms with Crippen molar-refractivity contribution < 1.29 is 4.79 Å². The van der Waals surface area contributed by atoms with Gasteiger partial charge in [0.15, 0.2) is 5.69 Å². The Hall–Kier alpha value is -1.78. The van der Waals surface area contributed by atoms with Crippen LogP contribution in [0.1, 0.15) is 17.4 Å². The number of amides is 1. The molecule has 0 aliphatic heterocycles. The van der Waals surface area contributed by atoms with E-state index in [0.29, 0.717) is 5.70 Å². The van der Waals surface area contributed by atoms with Crippen LogP contribution in [0.15, 0.2) is 12.9 Å². The lowest BCUT2D eigenvalue weighted by Crippen LogP contribution is -2.14. The number of aromatic nitrogens is 2. The van der Waals surface area contributed by atoms with Gasteiger partial charge in [0, 0.05) is 5.70 Å². The highest BCUT2D eigenvalue weighted by atomic mass is 16.1. The van der Waals surface area contributed by atoms with E-state index in [2.05, 4.69) is 11.6 Å². The highest BCUT2D eigenvalue weighted by molar-refractivity contribution is 5.95. The molecule has 1 aromatic rings. The Morgan fingerprint density at radius 2 is 2.33 bits per heavy atom. The zero-order valence-electron chi connectivity index (χ0n) is 6.74. The van der Waals surface area contributed by atoms with Crippen LogP contribution in [0.3, 0.4) is 0 Å². The van der Waals surface area contributed by atoms with Gasteiger partial charge in [-0.25, -0.2) is 4.98 Å². The summed E-state index contributed by atoms with van der Waals surface area (Å²) in [4.78, 5) is 14.4. The van der Waals surface area contributed by atoms with E-state index in [4.69, 9.17) is 11.5 Å². The third-order valence-electron chi connectivity index (χ3n) is 1.45. The van der Waals surface area contributed by atoms with Gasteiger partial charge in [-0.1, -0.05) is 6.58 Å². The number of rotatable bonds is 2. The van der Waals surface area contributed by atoms with Crippen LogP contribution in [0.2, 0.25) is 0 Å². The topological polar surface area (TPSA) is 86.9 Å². The van der Waals surface area contributed by atoms with Gasteiger partial charge in [0.05, 0.1) is 0 Å². The van der Waals surface area contributed by atoms with Crippen LogP contribution in [-0.4, -0.2) is 15.5 Å². The Bertz CT molecular complexity index is 308. The number of nitrogens with two attached hydrogens (primary N) is 2. The summed E-state index contributed by atoms with van der Waals surface area (Å²) in [5.74, 6) is -0.400. The molecule has 0 saturated carbocycles. The second kappa shape index (κ2) is 2.69. The summed E-state index contributed by atoms with van der Waals surface area (Å²) >= 11 is 0. The zero-order valence-corrected chi connectivity index (χ0v) is 6.74. The molecule has 0 saturated heterocycles. The van der Waals surface area contributed by atoms with Crippen LogP contribution in [0.25, 0.3) is 5.70 Å².